The van der Waals surface area contributed by atoms with E-state index in [1.54, 1.807) is 0 Å². The van der Waals surface area contributed by atoms with Gasteiger partial charge in [0.1, 0.15) is 0 Å². The van der Waals surface area contributed by atoms with Crippen LogP contribution in [0.1, 0.15) is 19.4 Å². The van der Waals surface area contributed by atoms with Gasteiger partial charge in [-0.1, -0.05) is 13.8 Å². The molecular weight excluding hydrogens is 226 g/mol. The summed E-state index contributed by atoms with van der Waals surface area (Å²) in [6, 6.07) is 0.479. The van der Waals surface area contributed by atoms with Crippen molar-refractivity contribution < 1.29 is 0 Å². The van der Waals surface area contributed by atoms with Crippen molar-refractivity contribution in [2.45, 2.75) is 26.4 Å². The zero-order valence-electron chi connectivity index (χ0n) is 12.1. The molecule has 0 spiro atoms. The van der Waals surface area contributed by atoms with E-state index in [9.17, 15) is 0 Å². The van der Waals surface area contributed by atoms with Crippen molar-refractivity contribution in [2.24, 2.45) is 0 Å². The second-order valence-corrected chi connectivity index (χ2v) is 5.15. The van der Waals surface area contributed by atoms with Crippen molar-refractivity contribution >= 4 is 5.95 Å². The fraction of sp³-hybridized carbons (Fsp3) is 0.692. The number of hydrogen-bond acceptors (Lipinski definition) is 5. The summed E-state index contributed by atoms with van der Waals surface area (Å²) in [6.07, 6.45) is 3.79. The van der Waals surface area contributed by atoms with Crippen LogP contribution in [0.3, 0.4) is 0 Å². The number of rotatable bonds is 7. The van der Waals surface area contributed by atoms with Crippen molar-refractivity contribution in [1.29, 1.82) is 0 Å². The largest absolute Gasteiger partial charge is 0.343 e. The van der Waals surface area contributed by atoms with Crippen molar-refractivity contribution in [3.8, 4) is 0 Å². The first-order chi connectivity index (χ1) is 8.49. The number of nitrogens with zero attached hydrogens (tertiary/aromatic N) is 4. The monoisotopic (exact) mass is 251 g/mol. The number of likely N-dealkylation sites (N-methyl/N-ethyl adjacent to an activating group) is 2. The summed E-state index contributed by atoms with van der Waals surface area (Å²) in [4.78, 5) is 13.0. The van der Waals surface area contributed by atoms with Gasteiger partial charge in [-0.25, -0.2) is 9.97 Å². The predicted octanol–water partition coefficient (Wildman–Crippen LogP) is 0.972. The maximum absolute atomic E-state index is 4.39. The first-order valence-electron chi connectivity index (χ1n) is 6.39. The van der Waals surface area contributed by atoms with Crippen LogP contribution < -0.4 is 10.2 Å². The van der Waals surface area contributed by atoms with Crippen molar-refractivity contribution in [1.82, 2.24) is 20.2 Å². The van der Waals surface area contributed by atoms with Crippen LogP contribution in [0.4, 0.5) is 5.95 Å². The topological polar surface area (TPSA) is 44.3 Å². The van der Waals surface area contributed by atoms with Crippen LogP contribution in [-0.2, 0) is 6.54 Å². The molecule has 0 bridgehead atoms. The van der Waals surface area contributed by atoms with Gasteiger partial charge >= 0.3 is 0 Å². The van der Waals surface area contributed by atoms with Crippen LogP contribution in [0.5, 0.6) is 0 Å². The lowest BCUT2D eigenvalue weighted by atomic mass is 10.3. The van der Waals surface area contributed by atoms with E-state index in [1.165, 1.54) is 0 Å². The molecule has 5 nitrogen and oxygen atoms in total. The SMILES string of the molecule is CC(C)NCc1cnc(N(C)CCN(C)C)nc1. The van der Waals surface area contributed by atoms with Crippen LogP contribution in [0.15, 0.2) is 12.4 Å². The van der Waals surface area contributed by atoms with E-state index in [1.807, 2.05) is 19.4 Å². The minimum atomic E-state index is 0.479. The first kappa shape index (κ1) is 14.9. The van der Waals surface area contributed by atoms with Crippen LogP contribution in [0.2, 0.25) is 0 Å². The summed E-state index contributed by atoms with van der Waals surface area (Å²) in [5, 5.41) is 3.35. The Morgan fingerprint density at radius 2 is 1.72 bits per heavy atom. The van der Waals surface area contributed by atoms with Crippen molar-refractivity contribution in [3.05, 3.63) is 18.0 Å². The quantitative estimate of drug-likeness (QED) is 0.782. The van der Waals surface area contributed by atoms with Gasteiger partial charge in [0.15, 0.2) is 0 Å². The highest BCUT2D eigenvalue weighted by atomic mass is 15.2. The van der Waals surface area contributed by atoms with Crippen LogP contribution in [-0.4, -0.2) is 55.1 Å². The number of anilines is 1. The van der Waals surface area contributed by atoms with Crippen LogP contribution in [0.25, 0.3) is 0 Å². The molecule has 0 radical (unpaired) electrons. The summed E-state index contributed by atoms with van der Waals surface area (Å²) >= 11 is 0. The van der Waals surface area contributed by atoms with Crippen molar-refractivity contribution in [2.75, 3.05) is 39.1 Å². The van der Waals surface area contributed by atoms with Crippen LogP contribution in [0, 0.1) is 0 Å². The van der Waals surface area contributed by atoms with E-state index in [0.717, 1.165) is 31.1 Å². The molecule has 1 rings (SSSR count). The molecule has 0 aliphatic carbocycles. The Morgan fingerprint density at radius 3 is 2.22 bits per heavy atom. The Hall–Kier alpha value is -1.20. The van der Waals surface area contributed by atoms with E-state index in [2.05, 4.69) is 53.0 Å². The smallest absolute Gasteiger partial charge is 0.225 e. The lowest BCUT2D eigenvalue weighted by Crippen LogP contribution is -2.29. The third kappa shape index (κ3) is 5.42. The molecule has 0 amide bonds. The fourth-order valence-corrected chi connectivity index (χ4v) is 1.41. The normalized spacial score (nSPS) is 11.3. The zero-order chi connectivity index (χ0) is 13.5. The van der Waals surface area contributed by atoms with E-state index in [-0.39, 0.29) is 0 Å². The Bertz CT molecular complexity index is 334. The molecule has 1 aromatic rings. The molecule has 0 atom stereocenters. The molecule has 0 fully saturated rings. The highest BCUT2D eigenvalue weighted by Crippen LogP contribution is 2.05. The second kappa shape index (κ2) is 7.28. The Morgan fingerprint density at radius 1 is 1.11 bits per heavy atom. The Labute approximate surface area is 110 Å². The number of aromatic nitrogens is 2. The molecule has 1 aromatic heterocycles. The Kier molecular flexibility index (Phi) is 6.01. The lowest BCUT2D eigenvalue weighted by Gasteiger charge is -2.19. The fourth-order valence-electron chi connectivity index (χ4n) is 1.41. The zero-order valence-corrected chi connectivity index (χ0v) is 12.1. The first-order valence-corrected chi connectivity index (χ1v) is 6.39. The summed E-state index contributed by atoms with van der Waals surface area (Å²) in [5.41, 5.74) is 1.12. The van der Waals surface area contributed by atoms with Gasteiger partial charge in [-0.3, -0.25) is 0 Å². The van der Waals surface area contributed by atoms with E-state index >= 15 is 0 Å². The lowest BCUT2D eigenvalue weighted by molar-refractivity contribution is 0.415. The second-order valence-electron chi connectivity index (χ2n) is 5.15. The number of hydrogen-bond donors (Lipinski definition) is 1. The Balaban J connectivity index is 2.48. The van der Waals surface area contributed by atoms with Gasteiger partial charge in [0.05, 0.1) is 0 Å². The third-order valence-electron chi connectivity index (χ3n) is 2.63. The van der Waals surface area contributed by atoms with E-state index in [0.29, 0.717) is 6.04 Å². The molecule has 0 aliphatic rings. The maximum Gasteiger partial charge on any atom is 0.225 e. The number of nitrogens with one attached hydrogen (secondary N) is 1. The predicted molar refractivity (Wildman–Crippen MR) is 75.8 cm³/mol. The van der Waals surface area contributed by atoms with Gasteiger partial charge in [0.25, 0.3) is 0 Å². The minimum absolute atomic E-state index is 0.479. The van der Waals surface area contributed by atoms with Gasteiger partial charge in [-0.05, 0) is 14.1 Å². The minimum Gasteiger partial charge on any atom is -0.343 e. The molecule has 0 aromatic carbocycles. The van der Waals surface area contributed by atoms with Crippen molar-refractivity contribution in [3.63, 3.8) is 0 Å². The van der Waals surface area contributed by atoms with Gasteiger partial charge < -0.3 is 15.1 Å². The van der Waals surface area contributed by atoms with Gasteiger partial charge in [0.2, 0.25) is 5.95 Å². The highest BCUT2D eigenvalue weighted by Gasteiger charge is 2.04. The summed E-state index contributed by atoms with van der Waals surface area (Å²) < 4.78 is 0. The standard InChI is InChI=1S/C13H25N5/c1-11(2)14-8-12-9-15-13(16-10-12)18(5)7-6-17(3)4/h9-11,14H,6-8H2,1-5H3. The summed E-state index contributed by atoms with van der Waals surface area (Å²) in [5.74, 6) is 0.783. The molecule has 0 unspecified atom stereocenters. The average molecular weight is 251 g/mol. The van der Waals surface area contributed by atoms with E-state index in [4.69, 9.17) is 0 Å². The molecule has 18 heavy (non-hydrogen) atoms. The molecular formula is C13H25N5. The van der Waals surface area contributed by atoms with Gasteiger partial charge in [-0.2, -0.15) is 0 Å². The third-order valence-corrected chi connectivity index (χ3v) is 2.63. The summed E-state index contributed by atoms with van der Waals surface area (Å²) in [7, 11) is 6.15. The maximum atomic E-state index is 4.39. The average Bonchev–Trinajstić information content (AvgIpc) is 2.34. The molecule has 0 saturated heterocycles. The molecule has 0 aliphatic heterocycles. The molecule has 1 N–H and O–H groups in total. The molecule has 1 heterocycles. The molecule has 102 valence electrons. The highest BCUT2D eigenvalue weighted by molar-refractivity contribution is 5.28. The molecule has 5 heteroatoms. The molecule has 0 saturated carbocycles. The summed E-state index contributed by atoms with van der Waals surface area (Å²) in [6.45, 7) is 7.00. The van der Waals surface area contributed by atoms with Gasteiger partial charge in [0, 0.05) is 50.7 Å². The van der Waals surface area contributed by atoms with E-state index < -0.39 is 0 Å². The van der Waals surface area contributed by atoms with Crippen LogP contribution >= 0.6 is 0 Å². The van der Waals surface area contributed by atoms with Gasteiger partial charge in [-0.15, -0.1) is 0 Å².